The molecule has 0 saturated carbocycles. The van der Waals surface area contributed by atoms with E-state index in [1.165, 1.54) is 242 Å². The van der Waals surface area contributed by atoms with Crippen LogP contribution in [-0.2, 0) is 0 Å². The average Bonchev–Trinajstić information content (AvgIpc) is 1.58. The summed E-state index contributed by atoms with van der Waals surface area (Å²) in [5, 5.41) is 20.1. The van der Waals surface area contributed by atoms with Crippen molar-refractivity contribution in [2.75, 3.05) is 0 Å². The minimum Gasteiger partial charge on any atom is -0.309 e. The van der Waals surface area contributed by atoms with E-state index in [1.807, 2.05) is 0 Å². The molecule has 0 fully saturated rings. The van der Waals surface area contributed by atoms with Crippen LogP contribution in [0.5, 0.6) is 0 Å². The van der Waals surface area contributed by atoms with Gasteiger partial charge >= 0.3 is 0 Å². The van der Waals surface area contributed by atoms with E-state index in [0.29, 0.717) is 0 Å². The van der Waals surface area contributed by atoms with Gasteiger partial charge in [-0.25, -0.2) is 0 Å². The van der Waals surface area contributed by atoms with Crippen molar-refractivity contribution < 1.29 is 0 Å². The number of hydrogen-bond donors (Lipinski definition) is 0. The molecule has 0 atom stereocenters. The van der Waals surface area contributed by atoms with Crippen LogP contribution in [0.25, 0.3) is 264 Å². The number of rotatable bonds is 13. The fourth-order valence-corrected chi connectivity index (χ4v) is 23.3. The third-order valence-corrected chi connectivity index (χ3v) is 30.0. The predicted octanol–water partition coefficient (Wildman–Crippen LogP) is 37.6. The molecule has 6 heteroatoms. The number of fused-ring (bicyclic) bond motifs is 20. The topological polar surface area (TPSA) is 29.6 Å². The quantitative estimate of drug-likeness (QED) is 0.110. The van der Waals surface area contributed by atoms with Gasteiger partial charge in [0.25, 0.3) is 0 Å². The molecule has 0 N–H and O–H groups in total. The van der Waals surface area contributed by atoms with Crippen LogP contribution in [0.3, 0.4) is 0 Å². The van der Waals surface area contributed by atoms with E-state index in [1.54, 1.807) is 0 Å². The van der Waals surface area contributed by atoms with Crippen molar-refractivity contribution in [3.63, 3.8) is 0 Å². The summed E-state index contributed by atoms with van der Waals surface area (Å²) in [5.74, 6) is 0. The number of para-hydroxylation sites is 6. The largest absolute Gasteiger partial charge is 0.309 e. The summed E-state index contributed by atoms with van der Waals surface area (Å²) in [7, 11) is 0. The van der Waals surface area contributed by atoms with E-state index >= 15 is 0 Å². The van der Waals surface area contributed by atoms with Gasteiger partial charge in [-0.15, -0.1) is 0 Å². The Hall–Kier alpha value is -19.4. The van der Waals surface area contributed by atoms with Gasteiger partial charge in [0, 0.05) is 98.5 Å². The minimum absolute atomic E-state index is 1.15. The van der Waals surface area contributed by atoms with Gasteiger partial charge in [0.15, 0.2) is 0 Å². The Morgan fingerprint density at radius 3 is 0.685 bits per heavy atom. The molecule has 0 radical (unpaired) electrons. The molecule has 0 aliphatic carbocycles. The second-order valence-electron chi connectivity index (χ2n) is 38.1. The summed E-state index contributed by atoms with van der Waals surface area (Å²) in [5.41, 5.74) is 38.6. The van der Waals surface area contributed by atoms with Gasteiger partial charge in [-0.3, -0.25) is 0 Å². The number of nitrogens with zero attached hydrogens (tertiary/aromatic N) is 6. The molecule has 30 rings (SSSR count). The van der Waals surface area contributed by atoms with Crippen molar-refractivity contribution in [1.29, 1.82) is 0 Å². The van der Waals surface area contributed by atoms with E-state index in [-0.39, 0.29) is 0 Å². The first kappa shape index (κ1) is 84.7. The van der Waals surface area contributed by atoms with Crippen molar-refractivity contribution >= 4 is 152 Å². The monoisotopic (exact) mass is 1860 g/mol. The van der Waals surface area contributed by atoms with E-state index in [9.17, 15) is 0 Å². The van der Waals surface area contributed by atoms with E-state index in [2.05, 4.69) is 586 Å². The highest BCUT2D eigenvalue weighted by atomic mass is 15.0. The third kappa shape index (κ3) is 14.3. The number of benzene rings is 24. The molecule has 0 spiro atoms. The van der Waals surface area contributed by atoms with Crippen molar-refractivity contribution in [3.8, 4) is 112 Å². The minimum atomic E-state index is 1.15. The molecule has 6 heterocycles. The summed E-state index contributed by atoms with van der Waals surface area (Å²) in [6, 6.07) is 203. The maximum atomic E-state index is 2.44. The first-order valence-corrected chi connectivity index (χ1v) is 50.3. The Morgan fingerprint density at radius 2 is 0.329 bits per heavy atom. The van der Waals surface area contributed by atoms with Gasteiger partial charge < -0.3 is 27.4 Å². The van der Waals surface area contributed by atoms with Crippen LogP contribution in [0.4, 0.5) is 0 Å². The smallest absolute Gasteiger partial charge is 0.0547 e. The van der Waals surface area contributed by atoms with E-state index in [0.717, 1.165) is 22.7 Å². The molecule has 30 aromatic rings. The fourth-order valence-electron chi connectivity index (χ4n) is 23.3. The first-order valence-electron chi connectivity index (χ1n) is 50.3. The summed E-state index contributed by atoms with van der Waals surface area (Å²) < 4.78 is 14.5. The van der Waals surface area contributed by atoms with Crippen LogP contribution in [0.15, 0.2) is 558 Å². The molecule has 0 aliphatic heterocycles. The Kier molecular flexibility index (Phi) is 20.5. The molecule has 0 saturated heterocycles. The Labute approximate surface area is 843 Å². The van der Waals surface area contributed by atoms with Crippen molar-refractivity contribution in [1.82, 2.24) is 27.4 Å². The van der Waals surface area contributed by atoms with Crippen LogP contribution >= 0.6 is 0 Å². The average molecular weight is 1860 g/mol. The standard InChI is InChI=1S/C48H32N2.2C46H30N2/c1-3-12-33(13-4-1)35-22-27-38(28-23-35)49-45-20-10-8-17-43(45)48-40(18-11-21-46(48)49)37-26-31-42-41-16-7-9-19-44(41)50(47(42)32-37)39-29-24-36(25-30-39)34-14-5-2-6-15-34;1-2-12-31(13-3-1)32-24-27-35(28-25-32)47-42-20-8-6-17-38(42)39-29-26-34(30-45(39)47)37-19-11-23-44-46(37)40-18-7-9-21-43(40)48(44)41-22-10-15-33-14-4-5-16-36(33)41;1-2-11-31(12-3-1)33-21-25-36(26-22-33)47-42-18-8-6-15-39(42)40-28-24-35(30-45(40)47)38-17-10-20-44-46(38)41-16-7-9-19-43(41)48(44)37-27-23-32-13-4-5-14-34(32)29-37/h1-32H;2*1-30H. The van der Waals surface area contributed by atoms with Gasteiger partial charge in [-0.05, 0) is 234 Å². The molecule has 682 valence electrons. The molecule has 0 unspecified atom stereocenters. The lowest BCUT2D eigenvalue weighted by atomic mass is 9.98. The molecular weight excluding hydrogens is 1770 g/mol. The van der Waals surface area contributed by atoms with Gasteiger partial charge in [0.05, 0.1) is 71.9 Å². The number of aromatic nitrogens is 6. The molecule has 0 amide bonds. The normalized spacial score (nSPS) is 11.7. The van der Waals surface area contributed by atoms with Crippen molar-refractivity contribution in [2.45, 2.75) is 0 Å². The maximum Gasteiger partial charge on any atom is 0.0547 e. The first-order chi connectivity index (χ1) is 72.5. The zero-order valence-corrected chi connectivity index (χ0v) is 79.8. The Bertz CT molecular complexity index is 10300. The molecule has 6 nitrogen and oxygen atoms in total. The van der Waals surface area contributed by atoms with E-state index in [4.69, 9.17) is 0 Å². The zero-order valence-electron chi connectivity index (χ0n) is 79.8. The highest BCUT2D eigenvalue weighted by Crippen LogP contribution is 2.48. The number of hydrogen-bond acceptors (Lipinski definition) is 0. The van der Waals surface area contributed by atoms with Gasteiger partial charge in [0.2, 0.25) is 0 Å². The fraction of sp³-hybridized carbons (Fsp3) is 0. The highest BCUT2D eigenvalue weighted by molar-refractivity contribution is 6.22. The van der Waals surface area contributed by atoms with Crippen LogP contribution in [0, 0.1) is 0 Å². The van der Waals surface area contributed by atoms with Crippen molar-refractivity contribution in [3.05, 3.63) is 558 Å². The van der Waals surface area contributed by atoms with Crippen LogP contribution < -0.4 is 0 Å². The van der Waals surface area contributed by atoms with Gasteiger partial charge in [-0.2, -0.15) is 0 Å². The Balaban J connectivity index is 0.000000106. The highest BCUT2D eigenvalue weighted by Gasteiger charge is 2.26. The van der Waals surface area contributed by atoms with Crippen LogP contribution in [0.1, 0.15) is 0 Å². The lowest BCUT2D eigenvalue weighted by Crippen LogP contribution is -1.95. The molecular formula is C140H92N6. The second-order valence-corrected chi connectivity index (χ2v) is 38.1. The van der Waals surface area contributed by atoms with Crippen LogP contribution in [0.2, 0.25) is 0 Å². The Morgan fingerprint density at radius 1 is 0.103 bits per heavy atom. The van der Waals surface area contributed by atoms with Gasteiger partial charge in [0.1, 0.15) is 0 Å². The molecule has 6 aromatic heterocycles. The molecule has 0 bridgehead atoms. The predicted molar refractivity (Wildman–Crippen MR) is 618 cm³/mol. The maximum absolute atomic E-state index is 2.44. The molecule has 24 aromatic carbocycles. The van der Waals surface area contributed by atoms with E-state index < -0.39 is 0 Å². The second kappa shape index (κ2) is 35.4. The third-order valence-electron chi connectivity index (χ3n) is 30.0. The van der Waals surface area contributed by atoms with Crippen molar-refractivity contribution in [2.24, 2.45) is 0 Å². The van der Waals surface area contributed by atoms with Gasteiger partial charge in [-0.1, -0.05) is 419 Å². The summed E-state index contributed by atoms with van der Waals surface area (Å²) in [6.07, 6.45) is 0. The lowest BCUT2D eigenvalue weighted by molar-refractivity contribution is 1.18. The summed E-state index contributed by atoms with van der Waals surface area (Å²) in [4.78, 5) is 0. The molecule has 146 heavy (non-hydrogen) atoms. The van der Waals surface area contributed by atoms with Crippen LogP contribution in [-0.4, -0.2) is 27.4 Å². The lowest BCUT2D eigenvalue weighted by Gasteiger charge is -2.12. The summed E-state index contributed by atoms with van der Waals surface area (Å²) >= 11 is 0. The molecule has 0 aliphatic rings. The summed E-state index contributed by atoms with van der Waals surface area (Å²) in [6.45, 7) is 0. The SMILES string of the molecule is c1ccc(-c2ccc(-n3c4ccccc4c4ccc(-c5cccc6c5c5ccccc5n6-c5ccc(-c6ccccc6)cc5)cc43)cc2)cc1.c1ccc(-c2ccc(-n3c4ccccc4c4ccc(-c5cccc6c5c5ccccc5n6-c5ccc6ccccc6c5)cc43)cc2)cc1.c1ccc(-c2ccc(-n3c4ccccc4c4ccc(-c5cccc6c5c5ccccc5n6-c5cccc6ccccc56)cc43)cc2)cc1. The zero-order chi connectivity index (χ0) is 96.2.